The highest BCUT2D eigenvalue weighted by Gasteiger charge is 2.34. The third kappa shape index (κ3) is 6.45. The molecule has 1 heterocycles. The first kappa shape index (κ1) is 20.4. The molecule has 1 aliphatic heterocycles. The Kier molecular flexibility index (Phi) is 7.22. The SMILES string of the molecule is COCCOc1ccc(F)cc1NC(=O)C1CCCN(CC(F)(F)F)C1. The van der Waals surface area contributed by atoms with E-state index >= 15 is 0 Å². The number of hydrogen-bond acceptors (Lipinski definition) is 4. The Morgan fingerprint density at radius 3 is 2.81 bits per heavy atom. The maximum Gasteiger partial charge on any atom is 0.401 e. The molecule has 1 N–H and O–H groups in total. The molecule has 0 aliphatic carbocycles. The summed E-state index contributed by atoms with van der Waals surface area (Å²) >= 11 is 0. The van der Waals surface area contributed by atoms with Crippen molar-refractivity contribution in [2.24, 2.45) is 5.92 Å². The molecule has 0 radical (unpaired) electrons. The number of methoxy groups -OCH3 is 1. The van der Waals surface area contributed by atoms with Crippen LogP contribution in [0.3, 0.4) is 0 Å². The molecule has 2 rings (SSSR count). The van der Waals surface area contributed by atoms with Crippen LogP contribution in [-0.4, -0.2) is 56.9 Å². The zero-order valence-electron chi connectivity index (χ0n) is 14.4. The molecule has 1 amide bonds. The number of hydrogen-bond donors (Lipinski definition) is 1. The van der Waals surface area contributed by atoms with Gasteiger partial charge in [-0.2, -0.15) is 13.2 Å². The summed E-state index contributed by atoms with van der Waals surface area (Å²) in [7, 11) is 1.51. The van der Waals surface area contributed by atoms with Gasteiger partial charge in [0.2, 0.25) is 5.91 Å². The second-order valence-electron chi connectivity index (χ2n) is 6.16. The van der Waals surface area contributed by atoms with Crippen molar-refractivity contribution < 1.29 is 31.8 Å². The zero-order valence-corrected chi connectivity index (χ0v) is 14.4. The van der Waals surface area contributed by atoms with Crippen LogP contribution in [0.25, 0.3) is 0 Å². The molecule has 5 nitrogen and oxygen atoms in total. The van der Waals surface area contributed by atoms with Crippen molar-refractivity contribution in [2.45, 2.75) is 19.0 Å². The largest absolute Gasteiger partial charge is 0.489 e. The van der Waals surface area contributed by atoms with E-state index in [0.29, 0.717) is 26.0 Å². The molecule has 1 fully saturated rings. The van der Waals surface area contributed by atoms with Crippen LogP contribution in [-0.2, 0) is 9.53 Å². The Labute approximate surface area is 149 Å². The predicted octanol–water partition coefficient (Wildman–Crippen LogP) is 3.06. The molecule has 1 unspecified atom stereocenters. The molecule has 0 spiro atoms. The van der Waals surface area contributed by atoms with Gasteiger partial charge < -0.3 is 14.8 Å². The summed E-state index contributed by atoms with van der Waals surface area (Å²) in [5.74, 6) is -1.32. The van der Waals surface area contributed by atoms with Crippen molar-refractivity contribution in [3.63, 3.8) is 0 Å². The minimum absolute atomic E-state index is 0.0144. The molecule has 1 aromatic rings. The standard InChI is InChI=1S/C17H22F4N2O3/c1-25-7-8-26-15-5-4-13(18)9-14(15)22-16(24)12-3-2-6-23(10-12)11-17(19,20)21/h4-5,9,12H,2-3,6-8,10-11H2,1H3,(H,22,24). The monoisotopic (exact) mass is 378 g/mol. The highest BCUT2D eigenvalue weighted by atomic mass is 19.4. The first-order valence-electron chi connectivity index (χ1n) is 8.30. The van der Waals surface area contributed by atoms with E-state index in [4.69, 9.17) is 9.47 Å². The van der Waals surface area contributed by atoms with Gasteiger partial charge >= 0.3 is 6.18 Å². The summed E-state index contributed by atoms with van der Waals surface area (Å²) in [5, 5.41) is 2.58. The summed E-state index contributed by atoms with van der Waals surface area (Å²) in [4.78, 5) is 13.7. The lowest BCUT2D eigenvalue weighted by molar-refractivity contribution is -0.151. The topological polar surface area (TPSA) is 50.8 Å². The van der Waals surface area contributed by atoms with E-state index in [0.717, 1.165) is 6.07 Å². The van der Waals surface area contributed by atoms with Gasteiger partial charge in [0, 0.05) is 19.7 Å². The smallest absolute Gasteiger partial charge is 0.401 e. The average molecular weight is 378 g/mol. The van der Waals surface area contributed by atoms with Crippen LogP contribution in [0.2, 0.25) is 0 Å². The van der Waals surface area contributed by atoms with Crippen molar-refractivity contribution in [1.82, 2.24) is 4.90 Å². The molecule has 0 aromatic heterocycles. The van der Waals surface area contributed by atoms with Gasteiger partial charge in [-0.25, -0.2) is 4.39 Å². The van der Waals surface area contributed by atoms with E-state index in [2.05, 4.69) is 5.32 Å². The first-order valence-corrected chi connectivity index (χ1v) is 8.30. The number of carbonyl (C=O) groups excluding carboxylic acids is 1. The molecule has 9 heteroatoms. The van der Waals surface area contributed by atoms with E-state index in [9.17, 15) is 22.4 Å². The van der Waals surface area contributed by atoms with Gasteiger partial charge in [-0.15, -0.1) is 0 Å². The molecule has 26 heavy (non-hydrogen) atoms. The Balaban J connectivity index is 2.01. The molecule has 146 valence electrons. The van der Waals surface area contributed by atoms with E-state index < -0.39 is 30.4 Å². The van der Waals surface area contributed by atoms with Crippen LogP contribution in [0.15, 0.2) is 18.2 Å². The van der Waals surface area contributed by atoms with Gasteiger partial charge in [0.1, 0.15) is 18.2 Å². The second kappa shape index (κ2) is 9.18. The van der Waals surface area contributed by atoms with Crippen molar-refractivity contribution >= 4 is 11.6 Å². The van der Waals surface area contributed by atoms with Crippen LogP contribution in [0, 0.1) is 11.7 Å². The van der Waals surface area contributed by atoms with Crippen LogP contribution >= 0.6 is 0 Å². The zero-order chi connectivity index (χ0) is 19.2. The van der Waals surface area contributed by atoms with E-state index in [1.165, 1.54) is 24.1 Å². The van der Waals surface area contributed by atoms with Crippen LogP contribution < -0.4 is 10.1 Å². The third-order valence-electron chi connectivity index (χ3n) is 4.02. The van der Waals surface area contributed by atoms with Crippen molar-refractivity contribution in [1.29, 1.82) is 0 Å². The van der Waals surface area contributed by atoms with Gasteiger partial charge in [-0.3, -0.25) is 9.69 Å². The number of piperidine rings is 1. The molecular formula is C17H22F4N2O3. The number of benzene rings is 1. The van der Waals surface area contributed by atoms with Gasteiger partial charge in [0.05, 0.1) is 24.8 Å². The Morgan fingerprint density at radius 1 is 1.35 bits per heavy atom. The first-order chi connectivity index (χ1) is 12.3. The van der Waals surface area contributed by atoms with Crippen LogP contribution in [0.5, 0.6) is 5.75 Å². The number of ether oxygens (including phenoxy) is 2. The number of anilines is 1. The van der Waals surface area contributed by atoms with Gasteiger partial charge in [0.15, 0.2) is 0 Å². The van der Waals surface area contributed by atoms with Gasteiger partial charge in [0.25, 0.3) is 0 Å². The van der Waals surface area contributed by atoms with Crippen LogP contribution in [0.1, 0.15) is 12.8 Å². The Hall–Kier alpha value is -1.87. The van der Waals surface area contributed by atoms with Crippen molar-refractivity contribution in [3.8, 4) is 5.75 Å². The summed E-state index contributed by atoms with van der Waals surface area (Å²) in [5.41, 5.74) is 0.152. The summed E-state index contributed by atoms with van der Waals surface area (Å²) in [6, 6.07) is 3.71. The number of likely N-dealkylation sites (tertiary alicyclic amines) is 1. The lowest BCUT2D eigenvalue weighted by Crippen LogP contribution is -2.44. The van der Waals surface area contributed by atoms with Crippen molar-refractivity contribution in [2.75, 3.05) is 45.3 Å². The van der Waals surface area contributed by atoms with E-state index in [1.807, 2.05) is 0 Å². The molecule has 0 saturated carbocycles. The highest BCUT2D eigenvalue weighted by molar-refractivity contribution is 5.94. The summed E-state index contributed by atoms with van der Waals surface area (Å²) < 4.78 is 61.5. The number of rotatable bonds is 7. The fourth-order valence-corrected chi connectivity index (χ4v) is 2.86. The normalized spacial score (nSPS) is 18.6. The fraction of sp³-hybridized carbons (Fsp3) is 0.588. The maximum absolute atomic E-state index is 13.5. The van der Waals surface area contributed by atoms with Gasteiger partial charge in [-0.1, -0.05) is 0 Å². The van der Waals surface area contributed by atoms with Crippen LogP contribution in [0.4, 0.5) is 23.2 Å². The maximum atomic E-state index is 13.5. The van der Waals surface area contributed by atoms with E-state index in [1.54, 1.807) is 0 Å². The van der Waals surface area contributed by atoms with E-state index in [-0.39, 0.29) is 24.6 Å². The number of carbonyl (C=O) groups is 1. The number of alkyl halides is 3. The number of nitrogens with one attached hydrogen (secondary N) is 1. The number of halogens is 4. The molecule has 1 aromatic carbocycles. The molecule has 0 bridgehead atoms. The molecule has 1 atom stereocenters. The highest BCUT2D eigenvalue weighted by Crippen LogP contribution is 2.28. The average Bonchev–Trinajstić information content (AvgIpc) is 2.55. The van der Waals surface area contributed by atoms with Gasteiger partial charge in [-0.05, 0) is 31.5 Å². The Morgan fingerprint density at radius 2 is 2.12 bits per heavy atom. The number of nitrogens with zero attached hydrogens (tertiary/aromatic N) is 1. The number of amides is 1. The summed E-state index contributed by atoms with van der Waals surface area (Å²) in [6.45, 7) is -0.190. The fourth-order valence-electron chi connectivity index (χ4n) is 2.86. The second-order valence-corrected chi connectivity index (χ2v) is 6.16. The lowest BCUT2D eigenvalue weighted by atomic mass is 9.97. The summed E-state index contributed by atoms with van der Waals surface area (Å²) in [6.07, 6.45) is -3.33. The molecular weight excluding hydrogens is 356 g/mol. The molecule has 1 aliphatic rings. The van der Waals surface area contributed by atoms with Crippen molar-refractivity contribution in [3.05, 3.63) is 24.0 Å². The molecule has 1 saturated heterocycles. The third-order valence-corrected chi connectivity index (χ3v) is 4.02. The minimum Gasteiger partial charge on any atom is -0.489 e. The minimum atomic E-state index is -4.30. The quantitative estimate of drug-likeness (QED) is 0.585. The Bertz CT molecular complexity index is 610. The lowest BCUT2D eigenvalue weighted by Gasteiger charge is -2.32. The predicted molar refractivity (Wildman–Crippen MR) is 87.6 cm³/mol.